The van der Waals surface area contributed by atoms with Gasteiger partial charge >= 0.3 is 6.16 Å². The van der Waals surface area contributed by atoms with Gasteiger partial charge < -0.3 is 9.47 Å². The van der Waals surface area contributed by atoms with E-state index in [2.05, 4.69) is 19.9 Å². The molecule has 114 valence electrons. The molecule has 0 aliphatic heterocycles. The van der Waals surface area contributed by atoms with E-state index in [1.54, 1.807) is 13.8 Å². The van der Waals surface area contributed by atoms with Crippen LogP contribution >= 0.6 is 0 Å². The number of ether oxygens (including phenoxy) is 2. The number of H-pyrrole nitrogens is 1. The Hall–Kier alpha value is -3.10. The minimum Gasteiger partial charge on any atom is -0.437 e. The van der Waals surface area contributed by atoms with Gasteiger partial charge in [-0.3, -0.25) is 9.89 Å². The first-order valence-corrected chi connectivity index (χ1v) is 6.39. The first kappa shape index (κ1) is 13.9. The zero-order chi connectivity index (χ0) is 15.9. The van der Waals surface area contributed by atoms with Crippen LogP contribution in [0.4, 0.5) is 4.79 Å². The molecule has 3 heterocycles. The average Bonchev–Trinajstić information content (AvgIpc) is 2.99. The number of methoxy groups -OCH3 is 1. The third kappa shape index (κ3) is 2.12. The lowest BCUT2D eigenvalue weighted by atomic mass is 10.3. The van der Waals surface area contributed by atoms with Crippen molar-refractivity contribution in [3.05, 3.63) is 40.2 Å². The molecule has 0 aliphatic carbocycles. The lowest BCUT2D eigenvalue weighted by Crippen LogP contribution is -2.16. The van der Waals surface area contributed by atoms with Gasteiger partial charge in [-0.2, -0.15) is 9.78 Å². The van der Waals surface area contributed by atoms with Crippen molar-refractivity contribution in [3.8, 4) is 11.6 Å². The van der Waals surface area contributed by atoms with E-state index >= 15 is 0 Å². The van der Waals surface area contributed by atoms with Gasteiger partial charge in [0.25, 0.3) is 5.56 Å². The Morgan fingerprint density at radius 2 is 2.14 bits per heavy atom. The highest BCUT2D eigenvalue weighted by Gasteiger charge is 2.18. The third-order valence-electron chi connectivity index (χ3n) is 3.18. The Balaban J connectivity index is 2.22. The SMILES string of the molecule is COC(=O)Oc1cn2ncnc(-n3[nH]c(C)cc3=O)c2c1C. The monoisotopic (exact) mass is 303 g/mol. The summed E-state index contributed by atoms with van der Waals surface area (Å²) in [6.45, 7) is 3.51. The van der Waals surface area contributed by atoms with Crippen molar-refractivity contribution in [2.75, 3.05) is 7.11 Å². The summed E-state index contributed by atoms with van der Waals surface area (Å²) in [6.07, 6.45) is 2.00. The first-order chi connectivity index (χ1) is 10.5. The normalized spacial score (nSPS) is 10.9. The fraction of sp³-hybridized carbons (Fsp3) is 0.231. The number of carbonyl (C=O) groups excluding carboxylic acids is 1. The molecule has 1 N–H and O–H groups in total. The van der Waals surface area contributed by atoms with Crippen LogP contribution in [0.2, 0.25) is 0 Å². The second kappa shape index (κ2) is 5.02. The molecule has 0 aromatic carbocycles. The molecule has 9 heteroatoms. The molecule has 0 saturated carbocycles. The summed E-state index contributed by atoms with van der Waals surface area (Å²) in [5.74, 6) is 0.648. The van der Waals surface area contributed by atoms with Crippen molar-refractivity contribution < 1.29 is 14.3 Å². The van der Waals surface area contributed by atoms with E-state index in [9.17, 15) is 9.59 Å². The molecule has 0 unspecified atom stereocenters. The number of nitrogens with one attached hydrogen (secondary N) is 1. The molecule has 3 aromatic rings. The van der Waals surface area contributed by atoms with Crippen LogP contribution in [0.5, 0.6) is 5.75 Å². The van der Waals surface area contributed by atoms with Crippen LogP contribution in [-0.4, -0.2) is 37.6 Å². The molecule has 0 saturated heterocycles. The molecule has 22 heavy (non-hydrogen) atoms. The van der Waals surface area contributed by atoms with Gasteiger partial charge in [-0.15, -0.1) is 0 Å². The predicted molar refractivity (Wildman–Crippen MR) is 75.4 cm³/mol. The Bertz CT molecular complexity index is 920. The number of hydrogen-bond acceptors (Lipinski definition) is 6. The van der Waals surface area contributed by atoms with Crippen molar-refractivity contribution in [3.63, 3.8) is 0 Å². The van der Waals surface area contributed by atoms with Gasteiger partial charge in [0.05, 0.1) is 13.3 Å². The second-order valence-electron chi connectivity index (χ2n) is 4.66. The predicted octanol–water partition coefficient (Wildman–Crippen LogP) is 0.970. The number of hydrogen-bond donors (Lipinski definition) is 1. The van der Waals surface area contributed by atoms with Crippen LogP contribution in [0, 0.1) is 13.8 Å². The van der Waals surface area contributed by atoms with Crippen LogP contribution in [0.15, 0.2) is 23.4 Å². The topological polar surface area (TPSA) is 104 Å². The Morgan fingerprint density at radius 3 is 2.77 bits per heavy atom. The number of fused-ring (bicyclic) bond motifs is 1. The van der Waals surface area contributed by atoms with Crippen molar-refractivity contribution in [1.82, 2.24) is 24.4 Å². The average molecular weight is 303 g/mol. The highest BCUT2D eigenvalue weighted by molar-refractivity contribution is 5.73. The Kier molecular flexibility index (Phi) is 3.17. The van der Waals surface area contributed by atoms with E-state index in [0.29, 0.717) is 22.6 Å². The number of aryl methyl sites for hydroxylation is 2. The molecule has 0 spiro atoms. The Morgan fingerprint density at radius 1 is 1.36 bits per heavy atom. The van der Waals surface area contributed by atoms with E-state index in [-0.39, 0.29) is 11.3 Å². The smallest absolute Gasteiger partial charge is 0.437 e. The summed E-state index contributed by atoms with van der Waals surface area (Å²) in [7, 11) is 1.22. The van der Waals surface area contributed by atoms with E-state index in [0.717, 1.165) is 0 Å². The number of rotatable bonds is 2. The van der Waals surface area contributed by atoms with Crippen molar-refractivity contribution in [2.45, 2.75) is 13.8 Å². The summed E-state index contributed by atoms with van der Waals surface area (Å²) < 4.78 is 12.3. The molecular weight excluding hydrogens is 290 g/mol. The second-order valence-corrected chi connectivity index (χ2v) is 4.66. The van der Waals surface area contributed by atoms with E-state index in [1.165, 1.54) is 34.9 Å². The third-order valence-corrected chi connectivity index (χ3v) is 3.18. The van der Waals surface area contributed by atoms with E-state index < -0.39 is 6.16 Å². The van der Waals surface area contributed by atoms with Gasteiger partial charge in [0.15, 0.2) is 11.6 Å². The molecule has 0 atom stereocenters. The standard InChI is InChI=1S/C13H13N5O4/c1-7-4-10(19)18(16-7)12-11-8(2)9(22-13(20)21-3)5-17(11)15-6-14-12/h4-6,16H,1-3H3. The highest BCUT2D eigenvalue weighted by Crippen LogP contribution is 2.27. The summed E-state index contributed by atoms with van der Waals surface area (Å²) in [5, 5.41) is 6.97. The van der Waals surface area contributed by atoms with Gasteiger partial charge in [-0.05, 0) is 13.8 Å². The minimum absolute atomic E-state index is 0.242. The molecular formula is C13H13N5O4. The van der Waals surface area contributed by atoms with Gasteiger partial charge in [-0.1, -0.05) is 0 Å². The summed E-state index contributed by atoms with van der Waals surface area (Å²) in [4.78, 5) is 27.4. The van der Waals surface area contributed by atoms with Gasteiger partial charge in [0.2, 0.25) is 0 Å². The van der Waals surface area contributed by atoms with Crippen LogP contribution in [0.25, 0.3) is 11.3 Å². The highest BCUT2D eigenvalue weighted by atomic mass is 16.7. The molecule has 3 aromatic heterocycles. The fourth-order valence-corrected chi connectivity index (χ4v) is 2.19. The molecule has 9 nitrogen and oxygen atoms in total. The maximum Gasteiger partial charge on any atom is 0.513 e. The zero-order valence-electron chi connectivity index (χ0n) is 12.2. The number of carbonyl (C=O) groups is 1. The zero-order valence-corrected chi connectivity index (χ0v) is 12.2. The van der Waals surface area contributed by atoms with Crippen molar-refractivity contribution in [2.24, 2.45) is 0 Å². The van der Waals surface area contributed by atoms with Gasteiger partial charge in [0.1, 0.15) is 11.8 Å². The van der Waals surface area contributed by atoms with Crippen LogP contribution in [-0.2, 0) is 4.74 Å². The van der Waals surface area contributed by atoms with Crippen molar-refractivity contribution in [1.29, 1.82) is 0 Å². The summed E-state index contributed by atoms with van der Waals surface area (Å²) >= 11 is 0. The van der Waals surface area contributed by atoms with E-state index in [1.807, 2.05) is 0 Å². The maximum absolute atomic E-state index is 12.0. The lowest BCUT2D eigenvalue weighted by Gasteiger charge is -2.04. The maximum atomic E-state index is 12.0. The Labute approximate surface area is 124 Å². The molecule has 0 aliphatic rings. The summed E-state index contributed by atoms with van der Waals surface area (Å²) in [6, 6.07) is 1.46. The number of nitrogens with zero attached hydrogens (tertiary/aromatic N) is 4. The summed E-state index contributed by atoms with van der Waals surface area (Å²) in [5.41, 5.74) is 1.62. The molecule has 0 fully saturated rings. The number of aromatic nitrogens is 5. The molecule has 3 rings (SSSR count). The first-order valence-electron chi connectivity index (χ1n) is 6.39. The van der Waals surface area contributed by atoms with Crippen LogP contribution in [0.1, 0.15) is 11.3 Å². The molecule has 0 bridgehead atoms. The molecule has 0 amide bonds. The van der Waals surface area contributed by atoms with Crippen LogP contribution < -0.4 is 10.3 Å². The van der Waals surface area contributed by atoms with Gasteiger partial charge in [-0.25, -0.2) is 14.3 Å². The van der Waals surface area contributed by atoms with E-state index in [4.69, 9.17) is 4.74 Å². The van der Waals surface area contributed by atoms with Crippen molar-refractivity contribution >= 4 is 11.7 Å². The minimum atomic E-state index is -0.832. The lowest BCUT2D eigenvalue weighted by molar-refractivity contribution is 0.121. The number of aromatic amines is 1. The van der Waals surface area contributed by atoms with Gasteiger partial charge in [0, 0.05) is 17.3 Å². The van der Waals surface area contributed by atoms with Crippen LogP contribution in [0.3, 0.4) is 0 Å². The largest absolute Gasteiger partial charge is 0.513 e. The molecule has 0 radical (unpaired) electrons. The quantitative estimate of drug-likeness (QED) is 0.707. The fourth-order valence-electron chi connectivity index (χ4n) is 2.19.